The molecule has 5 heteroatoms. The van der Waals surface area contributed by atoms with Crippen molar-refractivity contribution in [2.45, 2.75) is 57.3 Å². The summed E-state index contributed by atoms with van der Waals surface area (Å²) in [5.74, 6) is 0.497. The molecule has 3 aromatic rings. The van der Waals surface area contributed by atoms with Crippen LogP contribution in [0.4, 0.5) is 0 Å². The molecule has 1 fully saturated rings. The van der Waals surface area contributed by atoms with E-state index in [0.717, 1.165) is 42.0 Å². The maximum atomic E-state index is 13.1. The van der Waals surface area contributed by atoms with Gasteiger partial charge in [0.2, 0.25) is 5.91 Å². The summed E-state index contributed by atoms with van der Waals surface area (Å²) in [5.41, 5.74) is 8.15. The van der Waals surface area contributed by atoms with Crippen LogP contribution in [0.25, 0.3) is 0 Å². The van der Waals surface area contributed by atoms with Crippen LogP contribution in [0.3, 0.4) is 0 Å². The topological polar surface area (TPSA) is 64.8 Å². The molecular weight excluding hydrogens is 460 g/mol. The minimum Gasteiger partial charge on any atom is -0.465 e. The summed E-state index contributed by atoms with van der Waals surface area (Å²) in [6.07, 6.45) is 5.17. The van der Waals surface area contributed by atoms with E-state index in [0.29, 0.717) is 13.0 Å². The minimum atomic E-state index is -0.874. The molecule has 194 valence electrons. The van der Waals surface area contributed by atoms with E-state index in [4.69, 9.17) is 15.2 Å². The van der Waals surface area contributed by atoms with Gasteiger partial charge >= 0.3 is 0 Å². The summed E-state index contributed by atoms with van der Waals surface area (Å²) < 4.78 is 11.7. The number of hydrogen-bond acceptors (Lipinski definition) is 4. The number of benzene rings is 3. The van der Waals surface area contributed by atoms with Gasteiger partial charge in [0.15, 0.2) is 0 Å². The standard InChI is InChI=1S/C32H38N2O3/c1-4-20-36-28-17-11-12-25(21-28)24-37-29-22-34(23-29)31(2,3)18-19-32(30(33)35,26-13-7-5-8-14-26)27-15-9-6-10-16-27/h4-17,20-21,29H,18-19,22-24H2,1-3H3,(H2,33,35). The van der Waals surface area contributed by atoms with Gasteiger partial charge in [0.05, 0.1) is 24.4 Å². The normalized spacial score (nSPS) is 15.0. The van der Waals surface area contributed by atoms with E-state index in [2.05, 4.69) is 24.8 Å². The monoisotopic (exact) mass is 498 g/mol. The quantitative estimate of drug-likeness (QED) is 0.319. The Morgan fingerprint density at radius 3 is 2.14 bits per heavy atom. The lowest BCUT2D eigenvalue weighted by atomic mass is 9.69. The van der Waals surface area contributed by atoms with Gasteiger partial charge in [-0.1, -0.05) is 78.9 Å². The van der Waals surface area contributed by atoms with Gasteiger partial charge in [0, 0.05) is 18.6 Å². The van der Waals surface area contributed by atoms with Crippen LogP contribution in [-0.2, 0) is 21.6 Å². The molecule has 0 unspecified atom stereocenters. The molecule has 1 aliphatic rings. The van der Waals surface area contributed by atoms with Gasteiger partial charge in [-0.25, -0.2) is 0 Å². The Kier molecular flexibility index (Phi) is 8.47. The Morgan fingerprint density at radius 1 is 0.946 bits per heavy atom. The van der Waals surface area contributed by atoms with Crippen molar-refractivity contribution >= 4 is 5.91 Å². The predicted molar refractivity (Wildman–Crippen MR) is 148 cm³/mol. The number of nitrogens with two attached hydrogens (primary N) is 1. The Morgan fingerprint density at radius 2 is 1.57 bits per heavy atom. The average molecular weight is 499 g/mol. The van der Waals surface area contributed by atoms with Gasteiger partial charge in [0.25, 0.3) is 0 Å². The molecule has 4 rings (SSSR count). The molecule has 0 radical (unpaired) electrons. The number of amides is 1. The van der Waals surface area contributed by atoms with Crippen LogP contribution in [0.2, 0.25) is 0 Å². The van der Waals surface area contributed by atoms with Gasteiger partial charge in [-0.2, -0.15) is 0 Å². The largest absolute Gasteiger partial charge is 0.465 e. The number of ether oxygens (including phenoxy) is 2. The van der Waals surface area contributed by atoms with Gasteiger partial charge in [-0.15, -0.1) is 0 Å². The number of nitrogens with zero attached hydrogens (tertiary/aromatic N) is 1. The Labute approximate surface area is 220 Å². The van der Waals surface area contributed by atoms with Gasteiger partial charge in [-0.3, -0.25) is 9.69 Å². The molecule has 0 saturated carbocycles. The number of primary amides is 1. The van der Waals surface area contributed by atoms with E-state index < -0.39 is 5.41 Å². The Hall–Kier alpha value is -3.41. The second-order valence-corrected chi connectivity index (χ2v) is 10.4. The first-order valence-electron chi connectivity index (χ1n) is 13.0. The Bertz CT molecular complexity index is 1150. The third-order valence-corrected chi connectivity index (χ3v) is 7.49. The third-order valence-electron chi connectivity index (χ3n) is 7.49. The molecule has 2 N–H and O–H groups in total. The number of rotatable bonds is 12. The minimum absolute atomic E-state index is 0.107. The average Bonchev–Trinajstić information content (AvgIpc) is 2.88. The first-order chi connectivity index (χ1) is 17.8. The van der Waals surface area contributed by atoms with E-state index in [9.17, 15) is 4.79 Å². The highest BCUT2D eigenvalue weighted by Crippen LogP contribution is 2.40. The maximum Gasteiger partial charge on any atom is 0.232 e. The molecule has 37 heavy (non-hydrogen) atoms. The first kappa shape index (κ1) is 26.6. The van der Waals surface area contributed by atoms with E-state index in [-0.39, 0.29) is 17.6 Å². The molecular formula is C32H38N2O3. The fourth-order valence-electron chi connectivity index (χ4n) is 5.07. The first-order valence-corrected chi connectivity index (χ1v) is 13.0. The fraction of sp³-hybridized carbons (Fsp3) is 0.344. The summed E-state index contributed by atoms with van der Waals surface area (Å²) in [5, 5.41) is 0. The summed E-state index contributed by atoms with van der Waals surface area (Å²) in [4.78, 5) is 15.6. The molecule has 1 amide bonds. The van der Waals surface area contributed by atoms with Crippen molar-refractivity contribution in [2.75, 3.05) is 13.1 Å². The lowest BCUT2D eigenvalue weighted by Crippen LogP contribution is -2.61. The van der Waals surface area contributed by atoms with Crippen LogP contribution in [0.1, 0.15) is 50.3 Å². The zero-order valence-electron chi connectivity index (χ0n) is 22.1. The lowest BCUT2D eigenvalue weighted by Gasteiger charge is -2.50. The zero-order chi connectivity index (χ0) is 26.3. The van der Waals surface area contributed by atoms with E-state index >= 15 is 0 Å². The van der Waals surface area contributed by atoms with Crippen LogP contribution in [-0.4, -0.2) is 35.5 Å². The molecule has 1 saturated heterocycles. The molecule has 0 atom stereocenters. The number of carbonyl (C=O) groups is 1. The highest BCUT2D eigenvalue weighted by molar-refractivity contribution is 5.90. The molecule has 0 aromatic heterocycles. The molecule has 1 aliphatic heterocycles. The second-order valence-electron chi connectivity index (χ2n) is 10.4. The SMILES string of the molecule is CC=COc1cccc(COC2CN(C(C)(C)CCC(C(N)=O)(c3ccccc3)c3ccccc3)C2)c1. The van der Waals surface area contributed by atoms with Crippen LogP contribution in [0.5, 0.6) is 5.75 Å². The third kappa shape index (κ3) is 6.12. The summed E-state index contributed by atoms with van der Waals surface area (Å²) in [6.45, 7) is 8.69. The van der Waals surface area contributed by atoms with Gasteiger partial charge in [0.1, 0.15) is 5.75 Å². The summed E-state index contributed by atoms with van der Waals surface area (Å²) in [7, 11) is 0. The van der Waals surface area contributed by atoms with E-state index in [1.54, 1.807) is 6.26 Å². The molecule has 0 aliphatic carbocycles. The van der Waals surface area contributed by atoms with Crippen LogP contribution in [0.15, 0.2) is 97.3 Å². The summed E-state index contributed by atoms with van der Waals surface area (Å²) in [6, 6.07) is 27.9. The lowest BCUT2D eigenvalue weighted by molar-refractivity contribution is -0.123. The molecule has 0 spiro atoms. The Balaban J connectivity index is 1.39. The molecule has 0 bridgehead atoms. The van der Waals surface area contributed by atoms with Crippen molar-refractivity contribution in [3.05, 3.63) is 114 Å². The highest BCUT2D eigenvalue weighted by Gasteiger charge is 2.44. The molecule has 5 nitrogen and oxygen atoms in total. The van der Waals surface area contributed by atoms with Crippen molar-refractivity contribution in [1.29, 1.82) is 0 Å². The van der Waals surface area contributed by atoms with Crippen LogP contribution >= 0.6 is 0 Å². The van der Waals surface area contributed by atoms with Crippen LogP contribution < -0.4 is 10.5 Å². The van der Waals surface area contributed by atoms with Crippen molar-refractivity contribution in [2.24, 2.45) is 5.73 Å². The zero-order valence-corrected chi connectivity index (χ0v) is 22.1. The number of likely N-dealkylation sites (tertiary alicyclic amines) is 1. The number of carbonyl (C=O) groups excluding carboxylic acids is 1. The predicted octanol–water partition coefficient (Wildman–Crippen LogP) is 5.83. The van der Waals surface area contributed by atoms with Gasteiger partial charge in [-0.05, 0) is 62.4 Å². The van der Waals surface area contributed by atoms with Crippen molar-refractivity contribution in [1.82, 2.24) is 4.90 Å². The molecule has 3 aromatic carbocycles. The van der Waals surface area contributed by atoms with Crippen molar-refractivity contribution in [3.63, 3.8) is 0 Å². The summed E-state index contributed by atoms with van der Waals surface area (Å²) >= 11 is 0. The highest BCUT2D eigenvalue weighted by atomic mass is 16.5. The smallest absolute Gasteiger partial charge is 0.232 e. The number of hydrogen-bond donors (Lipinski definition) is 1. The van der Waals surface area contributed by atoms with Crippen molar-refractivity contribution in [3.8, 4) is 5.75 Å². The van der Waals surface area contributed by atoms with Crippen molar-refractivity contribution < 1.29 is 14.3 Å². The molecule has 1 heterocycles. The van der Waals surface area contributed by atoms with Gasteiger partial charge < -0.3 is 15.2 Å². The number of allylic oxidation sites excluding steroid dienone is 1. The maximum absolute atomic E-state index is 13.1. The van der Waals surface area contributed by atoms with E-state index in [1.165, 1.54) is 0 Å². The fourth-order valence-corrected chi connectivity index (χ4v) is 5.07. The van der Waals surface area contributed by atoms with E-state index in [1.807, 2.05) is 91.9 Å². The van der Waals surface area contributed by atoms with Crippen LogP contribution in [0, 0.1) is 0 Å². The second kappa shape index (κ2) is 11.8.